The predicted molar refractivity (Wildman–Crippen MR) is 107 cm³/mol. The van der Waals surface area contributed by atoms with Crippen molar-refractivity contribution in [2.45, 2.75) is 27.2 Å². The summed E-state index contributed by atoms with van der Waals surface area (Å²) in [5.74, 6) is 0.874. The smallest absolute Gasteiger partial charge is 0.284 e. The van der Waals surface area contributed by atoms with Gasteiger partial charge in [-0.05, 0) is 56.7 Å². The molecule has 146 valence electrons. The van der Waals surface area contributed by atoms with Crippen molar-refractivity contribution in [3.8, 4) is 11.5 Å². The summed E-state index contributed by atoms with van der Waals surface area (Å²) >= 11 is 0. The molecule has 1 aromatic rings. The van der Waals surface area contributed by atoms with Crippen LogP contribution < -0.4 is 14.8 Å². The van der Waals surface area contributed by atoms with E-state index in [9.17, 15) is 9.59 Å². The molecule has 1 aliphatic heterocycles. The Bertz CT molecular complexity index is 892. The summed E-state index contributed by atoms with van der Waals surface area (Å²) in [5, 5.41) is 2.90. The fourth-order valence-electron chi connectivity index (χ4n) is 3.29. The van der Waals surface area contributed by atoms with Crippen LogP contribution in [0.2, 0.25) is 0 Å². The first kappa shape index (κ1) is 19.6. The summed E-state index contributed by atoms with van der Waals surface area (Å²) in [6, 6.07) is 7.07. The van der Waals surface area contributed by atoms with Crippen LogP contribution in [0.15, 0.2) is 64.3 Å². The number of carbonyl (C=O) groups is 2. The Morgan fingerprint density at radius 3 is 2.46 bits per heavy atom. The van der Waals surface area contributed by atoms with Crippen molar-refractivity contribution in [2.24, 2.45) is 10.9 Å². The Morgan fingerprint density at radius 2 is 1.82 bits per heavy atom. The molecule has 3 rings (SSSR count). The molecule has 0 fully saturated rings. The molecule has 2 amide bonds. The van der Waals surface area contributed by atoms with Crippen LogP contribution in [-0.4, -0.2) is 30.7 Å². The molecule has 2 aliphatic rings. The van der Waals surface area contributed by atoms with E-state index in [2.05, 4.69) is 10.3 Å². The van der Waals surface area contributed by atoms with Gasteiger partial charge in [0.15, 0.2) is 6.61 Å². The first-order chi connectivity index (χ1) is 13.5. The lowest BCUT2D eigenvalue weighted by molar-refractivity contribution is -0.119. The molecule has 1 atom stereocenters. The van der Waals surface area contributed by atoms with E-state index in [0.29, 0.717) is 24.5 Å². The largest absolute Gasteiger partial charge is 0.494 e. The van der Waals surface area contributed by atoms with Gasteiger partial charge in [0, 0.05) is 17.2 Å². The van der Waals surface area contributed by atoms with Crippen molar-refractivity contribution in [3.63, 3.8) is 0 Å². The van der Waals surface area contributed by atoms with E-state index in [4.69, 9.17) is 9.47 Å². The van der Waals surface area contributed by atoms with E-state index in [1.54, 1.807) is 36.4 Å². The van der Waals surface area contributed by atoms with Crippen molar-refractivity contribution in [1.82, 2.24) is 5.32 Å². The van der Waals surface area contributed by atoms with Crippen molar-refractivity contribution in [3.05, 3.63) is 59.3 Å². The minimum atomic E-state index is -0.396. The second kappa shape index (κ2) is 8.69. The van der Waals surface area contributed by atoms with E-state index in [1.165, 1.54) is 0 Å². The van der Waals surface area contributed by atoms with Crippen molar-refractivity contribution >= 4 is 17.5 Å². The molecule has 0 bridgehead atoms. The maximum atomic E-state index is 12.2. The Hall–Kier alpha value is -3.15. The van der Waals surface area contributed by atoms with E-state index in [1.807, 2.05) is 26.8 Å². The number of ether oxygens (including phenoxy) is 2. The fourth-order valence-corrected chi connectivity index (χ4v) is 3.29. The van der Waals surface area contributed by atoms with Crippen LogP contribution >= 0.6 is 0 Å². The van der Waals surface area contributed by atoms with Gasteiger partial charge in [-0.25, -0.2) is 4.99 Å². The first-order valence-electron chi connectivity index (χ1n) is 9.39. The zero-order valence-electron chi connectivity index (χ0n) is 16.3. The van der Waals surface area contributed by atoms with Gasteiger partial charge in [-0.1, -0.05) is 18.6 Å². The average Bonchev–Trinajstić information content (AvgIpc) is 2.68. The quantitative estimate of drug-likeness (QED) is 0.821. The number of aliphatic imine (C=N–C) groups is 1. The molecule has 6 heteroatoms. The predicted octanol–water partition coefficient (Wildman–Crippen LogP) is 3.36. The zero-order chi connectivity index (χ0) is 20.1. The number of nitrogens with one attached hydrogen (secondary N) is 1. The highest BCUT2D eigenvalue weighted by Crippen LogP contribution is 2.31. The molecule has 28 heavy (non-hydrogen) atoms. The van der Waals surface area contributed by atoms with E-state index >= 15 is 0 Å². The topological polar surface area (TPSA) is 77.0 Å². The molecule has 0 saturated heterocycles. The lowest BCUT2D eigenvalue weighted by Crippen LogP contribution is -2.36. The second-order valence-corrected chi connectivity index (χ2v) is 6.53. The number of fused-ring (bicyclic) bond motifs is 1. The number of allylic oxidation sites excluding steroid dienone is 3. The monoisotopic (exact) mass is 380 g/mol. The summed E-state index contributed by atoms with van der Waals surface area (Å²) in [6.07, 6.45) is 6.20. The van der Waals surface area contributed by atoms with Crippen molar-refractivity contribution < 1.29 is 19.1 Å². The third-order valence-electron chi connectivity index (χ3n) is 4.68. The third-order valence-corrected chi connectivity index (χ3v) is 4.68. The summed E-state index contributed by atoms with van der Waals surface area (Å²) in [4.78, 5) is 28.4. The van der Waals surface area contributed by atoms with Gasteiger partial charge in [0.1, 0.15) is 11.5 Å². The third kappa shape index (κ3) is 4.39. The number of hydrogen-bond donors (Lipinski definition) is 1. The number of hydrogen-bond acceptors (Lipinski definition) is 4. The highest BCUT2D eigenvalue weighted by Gasteiger charge is 2.28. The maximum Gasteiger partial charge on any atom is 0.284 e. The molecule has 1 N–H and O–H groups in total. The lowest BCUT2D eigenvalue weighted by Gasteiger charge is -2.29. The number of rotatable bonds is 6. The molecular formula is C22H24N2O4. The van der Waals surface area contributed by atoms with Crippen molar-refractivity contribution in [2.75, 3.05) is 13.2 Å². The van der Waals surface area contributed by atoms with Gasteiger partial charge in [0.25, 0.3) is 11.8 Å². The van der Waals surface area contributed by atoms with Gasteiger partial charge in [-0.3, -0.25) is 9.59 Å². The van der Waals surface area contributed by atoms with Gasteiger partial charge < -0.3 is 14.8 Å². The summed E-state index contributed by atoms with van der Waals surface area (Å²) in [6.45, 7) is 6.28. The van der Waals surface area contributed by atoms with Crippen LogP contribution in [0.5, 0.6) is 11.5 Å². The van der Waals surface area contributed by atoms with Crippen LogP contribution in [0.3, 0.4) is 0 Å². The highest BCUT2D eigenvalue weighted by molar-refractivity contribution is 6.11. The minimum Gasteiger partial charge on any atom is -0.494 e. The Labute approximate surface area is 164 Å². The van der Waals surface area contributed by atoms with Gasteiger partial charge in [0.2, 0.25) is 0 Å². The zero-order valence-corrected chi connectivity index (χ0v) is 16.3. The summed E-state index contributed by atoms with van der Waals surface area (Å²) < 4.78 is 10.8. The van der Waals surface area contributed by atoms with Crippen LogP contribution in [0.4, 0.5) is 0 Å². The normalized spacial score (nSPS) is 19.8. The van der Waals surface area contributed by atoms with E-state index < -0.39 is 5.91 Å². The second-order valence-electron chi connectivity index (χ2n) is 6.53. The number of carbonyl (C=O) groups excluding carboxylic acids is 2. The molecule has 6 nitrogen and oxygen atoms in total. The van der Waals surface area contributed by atoms with Crippen molar-refractivity contribution in [1.29, 1.82) is 0 Å². The summed E-state index contributed by atoms with van der Waals surface area (Å²) in [5.41, 5.74) is 3.10. The van der Waals surface area contributed by atoms with Crippen LogP contribution in [0, 0.1) is 5.92 Å². The van der Waals surface area contributed by atoms with E-state index in [-0.39, 0.29) is 18.4 Å². The number of benzene rings is 1. The Balaban J connectivity index is 1.63. The molecule has 1 unspecified atom stereocenters. The standard InChI is InChI=1S/C22H24N2O4/c1-4-18-14(3)19-11-6-15(12-20(19)24-22(18)26)23-21(25)13-28-17-9-7-16(8-10-17)27-5-2/h6-12,19H,4-5,13H2,1-3H3,(H,24,26). The molecule has 1 aromatic carbocycles. The number of amides is 2. The molecular weight excluding hydrogens is 356 g/mol. The Kier molecular flexibility index (Phi) is 6.09. The first-order valence-corrected chi connectivity index (χ1v) is 9.39. The SMILES string of the molecule is CCOc1ccc(OCC(=O)N=C2C=CC3C(=C2)NC(=O)C(CC)=C3C)cc1. The van der Waals surface area contributed by atoms with Gasteiger partial charge >= 0.3 is 0 Å². The number of nitrogens with zero attached hydrogens (tertiary/aromatic N) is 1. The van der Waals surface area contributed by atoms with Crippen LogP contribution in [0.25, 0.3) is 0 Å². The van der Waals surface area contributed by atoms with E-state index in [0.717, 1.165) is 22.6 Å². The van der Waals surface area contributed by atoms with Crippen LogP contribution in [0.1, 0.15) is 27.2 Å². The average molecular weight is 380 g/mol. The van der Waals surface area contributed by atoms with Crippen LogP contribution in [-0.2, 0) is 9.59 Å². The molecule has 1 heterocycles. The Morgan fingerprint density at radius 1 is 1.14 bits per heavy atom. The molecule has 0 radical (unpaired) electrons. The highest BCUT2D eigenvalue weighted by atomic mass is 16.5. The molecule has 0 spiro atoms. The van der Waals surface area contributed by atoms with Gasteiger partial charge in [0.05, 0.1) is 12.3 Å². The van der Waals surface area contributed by atoms with Gasteiger partial charge in [-0.2, -0.15) is 0 Å². The lowest BCUT2D eigenvalue weighted by atomic mass is 9.84. The minimum absolute atomic E-state index is 0.0295. The fraction of sp³-hybridized carbons (Fsp3) is 0.318. The molecule has 0 saturated carbocycles. The maximum absolute atomic E-state index is 12.2. The summed E-state index contributed by atoms with van der Waals surface area (Å²) in [7, 11) is 0. The molecule has 1 aliphatic carbocycles. The van der Waals surface area contributed by atoms with Gasteiger partial charge in [-0.15, -0.1) is 0 Å². The molecule has 0 aromatic heterocycles.